The maximum Gasteiger partial charge on any atom is 0.339 e. The molecular weight excluding hydrogens is 418 g/mol. The quantitative estimate of drug-likeness (QED) is 0.355. The van der Waals surface area contributed by atoms with Crippen molar-refractivity contribution in [2.75, 3.05) is 0 Å². The van der Waals surface area contributed by atoms with E-state index in [0.717, 1.165) is 16.5 Å². The minimum Gasteiger partial charge on any atom is -0.425 e. The molecule has 0 bridgehead atoms. The average molecular weight is 444 g/mol. The summed E-state index contributed by atoms with van der Waals surface area (Å²) >= 11 is 0. The number of sulfonamides is 1. The number of aryl methyl sites for hydroxylation is 2. The van der Waals surface area contributed by atoms with Crippen molar-refractivity contribution < 1.29 is 22.4 Å². The molecule has 3 aromatic rings. The summed E-state index contributed by atoms with van der Waals surface area (Å²) in [4.78, 5) is 24.8. The molecule has 7 nitrogen and oxygen atoms in total. The topological polar surface area (TPSA) is 103 Å². The lowest BCUT2D eigenvalue weighted by Gasteiger charge is -2.21. The zero-order valence-corrected chi connectivity index (χ0v) is 18.9. The van der Waals surface area contributed by atoms with Crippen LogP contribution in [0.15, 0.2) is 56.6 Å². The van der Waals surface area contributed by atoms with Crippen molar-refractivity contribution in [3.63, 3.8) is 0 Å². The summed E-state index contributed by atoms with van der Waals surface area (Å²) in [5.41, 5.74) is 2.06. The van der Waals surface area contributed by atoms with Crippen LogP contribution in [0, 0.1) is 26.7 Å². The van der Waals surface area contributed by atoms with Crippen LogP contribution < -0.4 is 15.1 Å². The van der Waals surface area contributed by atoms with Gasteiger partial charge in [-0.3, -0.25) is 0 Å². The fourth-order valence-electron chi connectivity index (χ4n) is 3.08. The molecule has 0 aliphatic rings. The summed E-state index contributed by atoms with van der Waals surface area (Å²) < 4.78 is 38.6. The van der Waals surface area contributed by atoms with Crippen molar-refractivity contribution in [2.45, 2.75) is 45.6 Å². The fourth-order valence-corrected chi connectivity index (χ4v) is 4.41. The van der Waals surface area contributed by atoms with Gasteiger partial charge < -0.3 is 9.15 Å². The van der Waals surface area contributed by atoms with E-state index < -0.39 is 27.7 Å². The largest absolute Gasteiger partial charge is 0.425 e. The van der Waals surface area contributed by atoms with Crippen LogP contribution in [0.2, 0.25) is 0 Å². The smallest absolute Gasteiger partial charge is 0.339 e. The van der Waals surface area contributed by atoms with E-state index in [-0.39, 0.29) is 16.6 Å². The number of fused-ring (bicyclic) bond motifs is 1. The zero-order valence-electron chi connectivity index (χ0n) is 18.1. The molecule has 0 fully saturated rings. The Labute approximate surface area is 181 Å². The normalized spacial score (nSPS) is 12.8. The molecule has 1 aromatic heterocycles. The number of hydrogen-bond acceptors (Lipinski definition) is 6. The molecule has 2 aromatic carbocycles. The predicted octanol–water partition coefficient (Wildman–Crippen LogP) is 3.63. The van der Waals surface area contributed by atoms with E-state index >= 15 is 0 Å². The molecule has 0 radical (unpaired) electrons. The maximum atomic E-state index is 12.8. The van der Waals surface area contributed by atoms with Crippen LogP contribution in [0.4, 0.5) is 0 Å². The highest BCUT2D eigenvalue weighted by molar-refractivity contribution is 7.89. The number of carbonyl (C=O) groups is 1. The summed E-state index contributed by atoms with van der Waals surface area (Å²) in [6.07, 6.45) is 0. The first kappa shape index (κ1) is 22.7. The summed E-state index contributed by atoms with van der Waals surface area (Å²) in [5, 5.41) is 0.734. The summed E-state index contributed by atoms with van der Waals surface area (Å²) in [6.45, 7) is 8.79. The summed E-state index contributed by atoms with van der Waals surface area (Å²) in [7, 11) is -3.92. The lowest BCUT2D eigenvalue weighted by atomic mass is 10.1. The minimum absolute atomic E-state index is 0.0647. The van der Waals surface area contributed by atoms with Gasteiger partial charge in [-0.15, -0.1) is 0 Å². The van der Waals surface area contributed by atoms with E-state index in [1.165, 1.54) is 18.2 Å². The lowest BCUT2D eigenvalue weighted by molar-refractivity contribution is -0.137. The van der Waals surface area contributed by atoms with E-state index in [1.807, 2.05) is 13.8 Å². The van der Waals surface area contributed by atoms with Crippen LogP contribution in [-0.2, 0) is 14.8 Å². The Balaban J connectivity index is 1.86. The van der Waals surface area contributed by atoms with E-state index in [2.05, 4.69) is 4.72 Å². The van der Waals surface area contributed by atoms with Crippen LogP contribution >= 0.6 is 0 Å². The molecular formula is C23H25NO6S. The second-order valence-corrected chi connectivity index (χ2v) is 9.59. The van der Waals surface area contributed by atoms with Crippen molar-refractivity contribution >= 4 is 27.0 Å². The van der Waals surface area contributed by atoms with Crippen LogP contribution in [-0.4, -0.2) is 20.4 Å². The third kappa shape index (κ3) is 4.86. The van der Waals surface area contributed by atoms with E-state index in [0.29, 0.717) is 11.1 Å². The zero-order chi connectivity index (χ0) is 22.9. The predicted molar refractivity (Wildman–Crippen MR) is 118 cm³/mol. The van der Waals surface area contributed by atoms with Gasteiger partial charge in [-0.1, -0.05) is 31.5 Å². The average Bonchev–Trinajstić information content (AvgIpc) is 2.70. The van der Waals surface area contributed by atoms with Gasteiger partial charge in [0.15, 0.2) is 0 Å². The van der Waals surface area contributed by atoms with E-state index in [1.54, 1.807) is 45.0 Å². The maximum absolute atomic E-state index is 12.8. The van der Waals surface area contributed by atoms with Crippen molar-refractivity contribution in [1.29, 1.82) is 0 Å². The highest BCUT2D eigenvalue weighted by Crippen LogP contribution is 2.24. The third-order valence-corrected chi connectivity index (χ3v) is 6.64. The second-order valence-electron chi connectivity index (χ2n) is 7.87. The monoisotopic (exact) mass is 443 g/mol. The Hall–Kier alpha value is -2.97. The van der Waals surface area contributed by atoms with Gasteiger partial charge in [-0.2, -0.15) is 4.72 Å². The number of carbonyl (C=O) groups excluding carboxylic acids is 1. The Morgan fingerprint density at radius 2 is 1.65 bits per heavy atom. The van der Waals surface area contributed by atoms with Gasteiger partial charge in [-0.25, -0.2) is 18.0 Å². The molecule has 1 atom stereocenters. The molecule has 164 valence electrons. The highest BCUT2D eigenvalue weighted by atomic mass is 32.2. The van der Waals surface area contributed by atoms with Crippen molar-refractivity contribution in [3.05, 3.63) is 69.6 Å². The Kier molecular flexibility index (Phi) is 6.33. The molecule has 8 heteroatoms. The van der Waals surface area contributed by atoms with Crippen molar-refractivity contribution in [3.8, 4) is 5.75 Å². The van der Waals surface area contributed by atoms with Gasteiger partial charge in [0.2, 0.25) is 10.0 Å². The number of nitrogens with one attached hydrogen (secondary N) is 1. The number of ether oxygens (including phenoxy) is 1. The number of rotatable bonds is 6. The van der Waals surface area contributed by atoms with Crippen LogP contribution in [0.1, 0.15) is 30.5 Å². The molecule has 0 aliphatic carbocycles. The van der Waals surface area contributed by atoms with Crippen LogP contribution in [0.25, 0.3) is 11.0 Å². The van der Waals surface area contributed by atoms with Gasteiger partial charge in [0, 0.05) is 17.0 Å². The number of benzene rings is 2. The molecule has 1 heterocycles. The molecule has 0 spiro atoms. The standard InChI is InChI=1S/C23H25NO6S/c1-13(2)21(24-31(27,28)18-9-6-14(3)7-10-18)23(26)29-17-8-11-19-15(4)16(5)22(25)30-20(19)12-17/h6-13,21,24H,1-5H3. The molecule has 1 N–H and O–H groups in total. The first-order chi connectivity index (χ1) is 14.5. The Morgan fingerprint density at radius 3 is 2.26 bits per heavy atom. The van der Waals surface area contributed by atoms with Crippen molar-refractivity contribution in [1.82, 2.24) is 4.72 Å². The van der Waals surface area contributed by atoms with Crippen molar-refractivity contribution in [2.24, 2.45) is 5.92 Å². The fraction of sp³-hybridized carbons (Fsp3) is 0.304. The molecule has 3 rings (SSSR count). The second kappa shape index (κ2) is 8.64. The molecule has 0 aliphatic heterocycles. The SMILES string of the molecule is Cc1ccc(S(=O)(=O)NC(C(=O)Oc2ccc3c(C)c(C)c(=O)oc3c2)C(C)C)cc1. The van der Waals surface area contributed by atoms with E-state index in [9.17, 15) is 18.0 Å². The first-order valence-electron chi connectivity index (χ1n) is 9.84. The summed E-state index contributed by atoms with van der Waals surface area (Å²) in [6, 6.07) is 9.96. The molecule has 0 saturated heterocycles. The number of esters is 1. The van der Waals surface area contributed by atoms with Crippen LogP contribution in [0.3, 0.4) is 0 Å². The molecule has 0 amide bonds. The van der Waals surface area contributed by atoms with E-state index in [4.69, 9.17) is 9.15 Å². The highest BCUT2D eigenvalue weighted by Gasteiger charge is 2.30. The summed E-state index contributed by atoms with van der Waals surface area (Å²) in [5.74, 6) is -0.962. The van der Waals surface area contributed by atoms with Gasteiger partial charge in [-0.05, 0) is 56.5 Å². The van der Waals surface area contributed by atoms with Gasteiger partial charge in [0.1, 0.15) is 17.4 Å². The van der Waals surface area contributed by atoms with Gasteiger partial charge in [0.05, 0.1) is 4.90 Å². The van der Waals surface area contributed by atoms with Gasteiger partial charge in [0.25, 0.3) is 0 Å². The van der Waals surface area contributed by atoms with Crippen LogP contribution in [0.5, 0.6) is 5.75 Å². The Bertz CT molecular complexity index is 1290. The molecule has 1 unspecified atom stereocenters. The van der Waals surface area contributed by atoms with Gasteiger partial charge >= 0.3 is 11.6 Å². The lowest BCUT2D eigenvalue weighted by Crippen LogP contribution is -2.46. The minimum atomic E-state index is -3.92. The Morgan fingerprint density at radius 1 is 1.00 bits per heavy atom. The molecule has 0 saturated carbocycles. The third-order valence-electron chi connectivity index (χ3n) is 5.18. The molecule has 31 heavy (non-hydrogen) atoms. The number of hydrogen-bond donors (Lipinski definition) is 1. The first-order valence-corrected chi connectivity index (χ1v) is 11.3.